The Balaban J connectivity index is 1.67. The van der Waals surface area contributed by atoms with Gasteiger partial charge in [0.15, 0.2) is 0 Å². The molecule has 0 aromatic heterocycles. The van der Waals surface area contributed by atoms with Gasteiger partial charge >= 0.3 is 5.97 Å². The number of hydrogen-bond acceptors (Lipinski definition) is 3. The second-order valence-corrected chi connectivity index (χ2v) is 5.59. The summed E-state index contributed by atoms with van der Waals surface area (Å²) >= 11 is 0. The van der Waals surface area contributed by atoms with Crippen molar-refractivity contribution < 1.29 is 14.7 Å². The highest BCUT2D eigenvalue weighted by molar-refractivity contribution is 5.78. The first-order valence-corrected chi connectivity index (χ1v) is 6.84. The molecule has 1 saturated carbocycles. The number of amides is 1. The number of carboxylic acids is 1. The topological polar surface area (TPSA) is 69.6 Å². The average Bonchev–Trinajstić information content (AvgIpc) is 3.09. The van der Waals surface area contributed by atoms with E-state index in [1.165, 1.54) is 12.8 Å². The smallest absolute Gasteiger partial charge is 0.303 e. The molecule has 0 aromatic carbocycles. The Kier molecular flexibility index (Phi) is 4.58. The predicted molar refractivity (Wildman–Crippen MR) is 67.2 cm³/mol. The molecule has 5 nitrogen and oxygen atoms in total. The number of likely N-dealkylation sites (tertiary alicyclic amines) is 1. The molecule has 0 aromatic rings. The van der Waals surface area contributed by atoms with E-state index in [2.05, 4.69) is 10.2 Å². The van der Waals surface area contributed by atoms with Crippen molar-refractivity contribution in [3.8, 4) is 0 Å². The van der Waals surface area contributed by atoms with Gasteiger partial charge in [0.25, 0.3) is 0 Å². The molecule has 0 radical (unpaired) electrons. The Bertz CT molecular complexity index is 315. The van der Waals surface area contributed by atoms with Crippen molar-refractivity contribution in [3.63, 3.8) is 0 Å². The van der Waals surface area contributed by atoms with Gasteiger partial charge in [0.2, 0.25) is 5.91 Å². The fourth-order valence-corrected chi connectivity index (χ4v) is 2.55. The van der Waals surface area contributed by atoms with Gasteiger partial charge in [-0.3, -0.25) is 14.5 Å². The molecule has 2 rings (SSSR count). The summed E-state index contributed by atoms with van der Waals surface area (Å²) in [6.07, 6.45) is 4.66. The van der Waals surface area contributed by atoms with Crippen molar-refractivity contribution in [1.82, 2.24) is 10.2 Å². The molecular formula is C13H22N2O3. The minimum atomic E-state index is -0.736. The van der Waals surface area contributed by atoms with Gasteiger partial charge in [-0.15, -0.1) is 0 Å². The molecule has 5 heteroatoms. The van der Waals surface area contributed by atoms with E-state index < -0.39 is 5.97 Å². The van der Waals surface area contributed by atoms with Crippen molar-refractivity contribution in [3.05, 3.63) is 0 Å². The van der Waals surface area contributed by atoms with Crippen LogP contribution in [0.15, 0.2) is 0 Å². The number of carbonyl (C=O) groups excluding carboxylic acids is 1. The molecule has 0 bridgehead atoms. The van der Waals surface area contributed by atoms with E-state index in [1.54, 1.807) is 0 Å². The number of hydrogen-bond donors (Lipinski definition) is 2. The zero-order chi connectivity index (χ0) is 13.0. The molecule has 2 fully saturated rings. The normalized spacial score (nSPS) is 24.8. The summed E-state index contributed by atoms with van der Waals surface area (Å²) in [4.78, 5) is 24.5. The van der Waals surface area contributed by atoms with Crippen LogP contribution >= 0.6 is 0 Å². The van der Waals surface area contributed by atoms with E-state index in [0.717, 1.165) is 32.5 Å². The second kappa shape index (κ2) is 6.18. The Morgan fingerprint density at radius 2 is 2.00 bits per heavy atom. The first-order valence-electron chi connectivity index (χ1n) is 6.84. The average molecular weight is 254 g/mol. The van der Waals surface area contributed by atoms with Gasteiger partial charge in [0.05, 0.1) is 6.54 Å². The van der Waals surface area contributed by atoms with E-state index in [-0.39, 0.29) is 18.2 Å². The highest BCUT2D eigenvalue weighted by atomic mass is 16.4. The van der Waals surface area contributed by atoms with Crippen LogP contribution in [0.2, 0.25) is 0 Å². The van der Waals surface area contributed by atoms with Gasteiger partial charge < -0.3 is 10.4 Å². The number of carboxylic acid groups (broad SMARTS) is 1. The summed E-state index contributed by atoms with van der Waals surface area (Å²) in [5.74, 6) is 0.250. The molecule has 0 spiro atoms. The largest absolute Gasteiger partial charge is 0.481 e. The molecule has 1 amide bonds. The SMILES string of the molecule is O=C(O)CC1CCCN(CC(=O)NCC2CC2)C1. The lowest BCUT2D eigenvalue weighted by atomic mass is 9.95. The van der Waals surface area contributed by atoms with Crippen LogP contribution < -0.4 is 5.32 Å². The Labute approximate surface area is 108 Å². The lowest BCUT2D eigenvalue weighted by molar-refractivity contribution is -0.138. The third kappa shape index (κ3) is 4.64. The van der Waals surface area contributed by atoms with Crippen molar-refractivity contribution in [2.45, 2.75) is 32.1 Å². The van der Waals surface area contributed by atoms with Crippen LogP contribution in [0.1, 0.15) is 32.1 Å². The number of rotatable bonds is 6. The fraction of sp³-hybridized carbons (Fsp3) is 0.846. The van der Waals surface area contributed by atoms with Gasteiger partial charge in [0, 0.05) is 19.5 Å². The van der Waals surface area contributed by atoms with E-state index >= 15 is 0 Å². The maximum absolute atomic E-state index is 11.7. The van der Waals surface area contributed by atoms with Crippen LogP contribution in [-0.2, 0) is 9.59 Å². The van der Waals surface area contributed by atoms with E-state index in [1.807, 2.05) is 0 Å². The minimum Gasteiger partial charge on any atom is -0.481 e. The van der Waals surface area contributed by atoms with Crippen molar-refractivity contribution in [1.29, 1.82) is 0 Å². The second-order valence-electron chi connectivity index (χ2n) is 5.59. The fourth-order valence-electron chi connectivity index (χ4n) is 2.55. The van der Waals surface area contributed by atoms with Gasteiger partial charge in [-0.05, 0) is 44.1 Å². The zero-order valence-corrected chi connectivity index (χ0v) is 10.7. The van der Waals surface area contributed by atoms with Crippen molar-refractivity contribution in [2.24, 2.45) is 11.8 Å². The number of carbonyl (C=O) groups is 2. The van der Waals surface area contributed by atoms with Gasteiger partial charge in [-0.25, -0.2) is 0 Å². The Hall–Kier alpha value is -1.10. The van der Waals surface area contributed by atoms with Crippen molar-refractivity contribution in [2.75, 3.05) is 26.2 Å². The molecular weight excluding hydrogens is 232 g/mol. The maximum Gasteiger partial charge on any atom is 0.303 e. The molecule has 2 aliphatic rings. The van der Waals surface area contributed by atoms with Crippen LogP contribution in [0.4, 0.5) is 0 Å². The first kappa shape index (κ1) is 13.3. The van der Waals surface area contributed by atoms with E-state index in [9.17, 15) is 9.59 Å². The molecule has 2 N–H and O–H groups in total. The first-order chi connectivity index (χ1) is 8.63. The van der Waals surface area contributed by atoms with E-state index in [4.69, 9.17) is 5.11 Å². The van der Waals surface area contributed by atoms with E-state index in [0.29, 0.717) is 12.5 Å². The van der Waals surface area contributed by atoms with Crippen LogP contribution in [0, 0.1) is 11.8 Å². The molecule has 18 heavy (non-hydrogen) atoms. The Morgan fingerprint density at radius 3 is 2.67 bits per heavy atom. The maximum atomic E-state index is 11.7. The molecule has 1 aliphatic carbocycles. The summed E-state index contributed by atoms with van der Waals surface area (Å²) in [6, 6.07) is 0. The van der Waals surface area contributed by atoms with Gasteiger partial charge in [-0.1, -0.05) is 0 Å². The van der Waals surface area contributed by atoms with Crippen LogP contribution in [-0.4, -0.2) is 48.1 Å². The summed E-state index contributed by atoms with van der Waals surface area (Å²) in [5, 5.41) is 11.7. The lowest BCUT2D eigenvalue weighted by Crippen LogP contribution is -2.43. The van der Waals surface area contributed by atoms with Crippen LogP contribution in [0.25, 0.3) is 0 Å². The standard InChI is InChI=1S/C13H22N2O3/c16-12(14-7-10-3-4-10)9-15-5-1-2-11(8-15)6-13(17)18/h10-11H,1-9H2,(H,14,16)(H,17,18). The highest BCUT2D eigenvalue weighted by Gasteiger charge is 2.25. The third-order valence-corrected chi connectivity index (χ3v) is 3.72. The third-order valence-electron chi connectivity index (χ3n) is 3.72. The zero-order valence-electron chi connectivity index (χ0n) is 10.7. The summed E-state index contributed by atoms with van der Waals surface area (Å²) in [7, 11) is 0. The van der Waals surface area contributed by atoms with Gasteiger partial charge in [0.1, 0.15) is 0 Å². The molecule has 1 unspecified atom stereocenters. The van der Waals surface area contributed by atoms with Gasteiger partial charge in [-0.2, -0.15) is 0 Å². The molecule has 1 aliphatic heterocycles. The Morgan fingerprint density at radius 1 is 1.22 bits per heavy atom. The quantitative estimate of drug-likeness (QED) is 0.732. The number of aliphatic carboxylic acids is 1. The molecule has 1 heterocycles. The van der Waals surface area contributed by atoms with Crippen LogP contribution in [0.5, 0.6) is 0 Å². The summed E-state index contributed by atoms with van der Waals surface area (Å²) < 4.78 is 0. The molecule has 1 saturated heterocycles. The number of piperidine rings is 1. The molecule has 1 atom stereocenters. The monoisotopic (exact) mass is 254 g/mol. The number of nitrogens with one attached hydrogen (secondary N) is 1. The lowest BCUT2D eigenvalue weighted by Gasteiger charge is -2.31. The number of nitrogens with zero attached hydrogens (tertiary/aromatic N) is 1. The predicted octanol–water partition coefficient (Wildman–Crippen LogP) is 0.699. The molecule has 102 valence electrons. The summed E-state index contributed by atoms with van der Waals surface area (Å²) in [6.45, 7) is 2.88. The summed E-state index contributed by atoms with van der Waals surface area (Å²) in [5.41, 5.74) is 0. The van der Waals surface area contributed by atoms with Crippen LogP contribution in [0.3, 0.4) is 0 Å². The minimum absolute atomic E-state index is 0.0814. The van der Waals surface area contributed by atoms with Crippen molar-refractivity contribution >= 4 is 11.9 Å². The highest BCUT2D eigenvalue weighted by Crippen LogP contribution is 2.27.